The first-order chi connectivity index (χ1) is 13.5. The van der Waals surface area contributed by atoms with Crippen LogP contribution in [0.4, 0.5) is 4.39 Å². The fourth-order valence-electron chi connectivity index (χ4n) is 3.65. The van der Waals surface area contributed by atoms with E-state index in [1.54, 1.807) is 30.5 Å². The van der Waals surface area contributed by atoms with E-state index in [9.17, 15) is 9.18 Å². The molecule has 1 aliphatic heterocycles. The lowest BCUT2D eigenvalue weighted by Crippen LogP contribution is -2.20. The van der Waals surface area contributed by atoms with Crippen molar-refractivity contribution in [3.8, 4) is 11.1 Å². The minimum atomic E-state index is -0.285. The Balaban J connectivity index is 1.50. The molecule has 2 N–H and O–H groups in total. The summed E-state index contributed by atoms with van der Waals surface area (Å²) in [6.45, 7) is 4.20. The summed E-state index contributed by atoms with van der Waals surface area (Å²) < 4.78 is 14.9. The van der Waals surface area contributed by atoms with Crippen LogP contribution in [0.2, 0.25) is 0 Å². The van der Waals surface area contributed by atoms with E-state index in [0.29, 0.717) is 22.9 Å². The molecule has 2 atom stereocenters. The molecule has 1 aliphatic carbocycles. The van der Waals surface area contributed by atoms with Crippen molar-refractivity contribution in [1.29, 1.82) is 0 Å². The van der Waals surface area contributed by atoms with Crippen LogP contribution in [0.1, 0.15) is 61.6 Å². The standard InChI is InChI=1S/C23H26FN3O/c1-3-18-12-19(13-26-18)27-14(2)16-6-7-20(21(24)10-16)17-8-9-25-22(11-17)23(28)15-4-5-15/h6-11,13-15,18,26-27H,3-5,12H2,1-2H3/t14?,18-/m0/s1. The summed E-state index contributed by atoms with van der Waals surface area (Å²) in [4.78, 5) is 16.4. The van der Waals surface area contributed by atoms with Crippen LogP contribution in [-0.2, 0) is 0 Å². The van der Waals surface area contributed by atoms with Crippen molar-refractivity contribution in [2.75, 3.05) is 0 Å². The monoisotopic (exact) mass is 379 g/mol. The van der Waals surface area contributed by atoms with Crippen LogP contribution in [-0.4, -0.2) is 16.8 Å². The molecule has 0 radical (unpaired) electrons. The number of benzene rings is 1. The Bertz CT molecular complexity index is 920. The Morgan fingerprint density at radius 1 is 1.32 bits per heavy atom. The molecular weight excluding hydrogens is 353 g/mol. The van der Waals surface area contributed by atoms with E-state index in [1.807, 2.05) is 19.2 Å². The Hall–Kier alpha value is -2.69. The van der Waals surface area contributed by atoms with Gasteiger partial charge in [0.15, 0.2) is 5.78 Å². The molecular formula is C23H26FN3O. The number of halogens is 1. The Kier molecular flexibility index (Phi) is 5.16. The molecule has 4 rings (SSSR count). The zero-order valence-electron chi connectivity index (χ0n) is 16.3. The average Bonchev–Trinajstić information content (AvgIpc) is 3.46. The third-order valence-corrected chi connectivity index (χ3v) is 5.62. The van der Waals surface area contributed by atoms with Crippen LogP contribution in [0.15, 0.2) is 48.4 Å². The van der Waals surface area contributed by atoms with E-state index < -0.39 is 0 Å². The first-order valence-corrected chi connectivity index (χ1v) is 10.1. The predicted molar refractivity (Wildman–Crippen MR) is 108 cm³/mol. The second-order valence-corrected chi connectivity index (χ2v) is 7.82. The van der Waals surface area contributed by atoms with Gasteiger partial charge in [-0.05, 0) is 55.5 Å². The molecule has 0 spiro atoms. The van der Waals surface area contributed by atoms with Gasteiger partial charge in [-0.1, -0.05) is 19.1 Å². The van der Waals surface area contributed by atoms with Crippen molar-refractivity contribution in [3.05, 3.63) is 65.5 Å². The summed E-state index contributed by atoms with van der Waals surface area (Å²) in [7, 11) is 0. The van der Waals surface area contributed by atoms with Gasteiger partial charge in [0.1, 0.15) is 11.5 Å². The largest absolute Gasteiger partial charge is 0.386 e. The maximum absolute atomic E-state index is 14.9. The van der Waals surface area contributed by atoms with Crippen LogP contribution < -0.4 is 10.6 Å². The van der Waals surface area contributed by atoms with Crippen LogP contribution in [0.5, 0.6) is 0 Å². The van der Waals surface area contributed by atoms with Crippen LogP contribution in [0, 0.1) is 11.7 Å². The first kappa shape index (κ1) is 18.7. The number of nitrogens with zero attached hydrogens (tertiary/aromatic N) is 1. The fraction of sp³-hybridized carbons (Fsp3) is 0.391. The summed E-state index contributed by atoms with van der Waals surface area (Å²) >= 11 is 0. The molecule has 2 aromatic rings. The summed E-state index contributed by atoms with van der Waals surface area (Å²) in [6.07, 6.45) is 7.52. The number of carbonyl (C=O) groups is 1. The molecule has 2 heterocycles. The van der Waals surface area contributed by atoms with E-state index in [2.05, 4.69) is 22.5 Å². The number of Topliss-reactive ketones (excluding diaryl/α,β-unsaturated/α-hetero) is 1. The zero-order chi connectivity index (χ0) is 19.7. The highest BCUT2D eigenvalue weighted by atomic mass is 19.1. The summed E-state index contributed by atoms with van der Waals surface area (Å²) in [5.74, 6) is -0.110. The van der Waals surface area contributed by atoms with Crippen molar-refractivity contribution in [1.82, 2.24) is 15.6 Å². The lowest BCUT2D eigenvalue weighted by Gasteiger charge is -2.18. The quantitative estimate of drug-likeness (QED) is 0.682. The first-order valence-electron chi connectivity index (χ1n) is 10.1. The highest BCUT2D eigenvalue weighted by Crippen LogP contribution is 2.33. The van der Waals surface area contributed by atoms with Gasteiger partial charge in [-0.3, -0.25) is 9.78 Å². The number of hydrogen-bond acceptors (Lipinski definition) is 4. The summed E-state index contributed by atoms with van der Waals surface area (Å²) in [6, 6.07) is 9.27. The molecule has 1 aromatic carbocycles. The van der Waals surface area contributed by atoms with Gasteiger partial charge < -0.3 is 10.6 Å². The Morgan fingerprint density at radius 3 is 2.82 bits per heavy atom. The van der Waals surface area contributed by atoms with Gasteiger partial charge in [0.2, 0.25) is 0 Å². The third kappa shape index (κ3) is 3.93. The van der Waals surface area contributed by atoms with Crippen molar-refractivity contribution in [3.63, 3.8) is 0 Å². The lowest BCUT2D eigenvalue weighted by atomic mass is 9.99. The molecule has 2 aliphatic rings. The van der Waals surface area contributed by atoms with Gasteiger partial charge in [-0.15, -0.1) is 0 Å². The van der Waals surface area contributed by atoms with E-state index >= 15 is 0 Å². The van der Waals surface area contributed by atoms with Gasteiger partial charge in [-0.25, -0.2) is 4.39 Å². The minimum Gasteiger partial charge on any atom is -0.386 e. The normalized spacial score (nSPS) is 19.7. The second-order valence-electron chi connectivity index (χ2n) is 7.82. The molecule has 1 aromatic heterocycles. The number of ketones is 1. The Labute approximate surface area is 165 Å². The maximum Gasteiger partial charge on any atom is 0.184 e. The lowest BCUT2D eigenvalue weighted by molar-refractivity contribution is 0.0963. The fourth-order valence-corrected chi connectivity index (χ4v) is 3.65. The van der Waals surface area contributed by atoms with E-state index in [-0.39, 0.29) is 23.6 Å². The number of pyridine rings is 1. The van der Waals surface area contributed by atoms with Gasteiger partial charge in [0.05, 0.1) is 0 Å². The SMILES string of the molecule is CC[C@H]1CC(NC(C)c2ccc(-c3ccnc(C(=O)C4CC4)c3)c(F)c2)=CN1. The smallest absolute Gasteiger partial charge is 0.184 e. The van der Waals surface area contributed by atoms with Gasteiger partial charge >= 0.3 is 0 Å². The maximum atomic E-state index is 14.9. The Morgan fingerprint density at radius 2 is 2.14 bits per heavy atom. The number of rotatable bonds is 7. The highest BCUT2D eigenvalue weighted by molar-refractivity contribution is 5.98. The van der Waals surface area contributed by atoms with E-state index in [1.165, 1.54) is 0 Å². The third-order valence-electron chi connectivity index (χ3n) is 5.62. The molecule has 0 amide bonds. The summed E-state index contributed by atoms with van der Waals surface area (Å²) in [5, 5.41) is 6.82. The number of aromatic nitrogens is 1. The van der Waals surface area contributed by atoms with Crippen LogP contribution in [0.3, 0.4) is 0 Å². The predicted octanol–water partition coefficient (Wildman–Crippen LogP) is 4.74. The average molecular weight is 379 g/mol. The number of hydrogen-bond donors (Lipinski definition) is 2. The molecule has 0 saturated heterocycles. The molecule has 4 nitrogen and oxygen atoms in total. The van der Waals surface area contributed by atoms with Crippen molar-refractivity contribution < 1.29 is 9.18 Å². The molecule has 1 saturated carbocycles. The van der Waals surface area contributed by atoms with Gasteiger partial charge in [-0.2, -0.15) is 0 Å². The summed E-state index contributed by atoms with van der Waals surface area (Å²) in [5.41, 5.74) is 3.67. The van der Waals surface area contributed by atoms with E-state index in [4.69, 9.17) is 0 Å². The second kappa shape index (κ2) is 7.74. The topological polar surface area (TPSA) is 54.0 Å². The minimum absolute atomic E-state index is 0.0108. The molecule has 1 unspecified atom stereocenters. The number of nitrogens with one attached hydrogen (secondary N) is 2. The molecule has 0 bridgehead atoms. The molecule has 28 heavy (non-hydrogen) atoms. The zero-order valence-corrected chi connectivity index (χ0v) is 16.3. The molecule has 146 valence electrons. The van der Waals surface area contributed by atoms with Crippen LogP contribution in [0.25, 0.3) is 11.1 Å². The molecule has 5 heteroatoms. The number of carbonyl (C=O) groups excluding carboxylic acids is 1. The van der Waals surface area contributed by atoms with E-state index in [0.717, 1.165) is 36.9 Å². The van der Waals surface area contributed by atoms with Gasteiger partial charge in [0, 0.05) is 48.1 Å². The van der Waals surface area contributed by atoms with Crippen molar-refractivity contribution in [2.45, 2.75) is 51.6 Å². The highest BCUT2D eigenvalue weighted by Gasteiger charge is 2.31. The van der Waals surface area contributed by atoms with Gasteiger partial charge in [0.25, 0.3) is 0 Å². The van der Waals surface area contributed by atoms with Crippen LogP contribution >= 0.6 is 0 Å². The molecule has 1 fully saturated rings. The van der Waals surface area contributed by atoms with Crippen molar-refractivity contribution in [2.24, 2.45) is 5.92 Å². The van der Waals surface area contributed by atoms with Crippen molar-refractivity contribution >= 4 is 5.78 Å².